The summed E-state index contributed by atoms with van der Waals surface area (Å²) in [5, 5.41) is 8.67. The first-order valence-corrected chi connectivity index (χ1v) is 4.84. The molecular formula is C10H11F3N2O2. The lowest BCUT2D eigenvalue weighted by Gasteiger charge is -2.21. The molecule has 0 saturated carbocycles. The van der Waals surface area contributed by atoms with Crippen molar-refractivity contribution in [1.29, 1.82) is 0 Å². The lowest BCUT2D eigenvalue weighted by Crippen LogP contribution is -2.37. The third-order valence-electron chi connectivity index (χ3n) is 2.02. The van der Waals surface area contributed by atoms with E-state index in [0.717, 1.165) is 12.3 Å². The Kier molecular flexibility index (Phi) is 4.89. The zero-order chi connectivity index (χ0) is 12.8. The van der Waals surface area contributed by atoms with Crippen LogP contribution in [0.3, 0.4) is 0 Å². The summed E-state index contributed by atoms with van der Waals surface area (Å²) >= 11 is 0. The first-order valence-electron chi connectivity index (χ1n) is 4.84. The number of hydrogen-bond acceptors (Lipinski definition) is 3. The van der Waals surface area contributed by atoms with Crippen LogP contribution in [0.25, 0.3) is 0 Å². The van der Waals surface area contributed by atoms with Crippen molar-refractivity contribution in [3.05, 3.63) is 29.8 Å². The summed E-state index contributed by atoms with van der Waals surface area (Å²) in [4.78, 5) is 15.9. The Morgan fingerprint density at radius 3 is 2.76 bits per heavy atom. The van der Waals surface area contributed by atoms with Crippen molar-refractivity contribution < 1.29 is 23.1 Å². The Morgan fingerprint density at radius 1 is 1.53 bits per heavy atom. The average molecular weight is 248 g/mol. The molecule has 1 heterocycles. The molecule has 1 aromatic heterocycles. The molecule has 0 aromatic carbocycles. The number of aliphatic hydroxyl groups is 1. The van der Waals surface area contributed by atoms with Crippen molar-refractivity contribution >= 4 is 5.91 Å². The van der Waals surface area contributed by atoms with Gasteiger partial charge in [-0.3, -0.25) is 9.78 Å². The third kappa shape index (κ3) is 3.70. The second-order valence-electron chi connectivity index (χ2n) is 3.22. The number of carbonyl (C=O) groups is 1. The van der Waals surface area contributed by atoms with Crippen molar-refractivity contribution in [2.45, 2.75) is 6.43 Å². The van der Waals surface area contributed by atoms with Crippen LogP contribution < -0.4 is 0 Å². The first kappa shape index (κ1) is 13.4. The van der Waals surface area contributed by atoms with E-state index in [9.17, 15) is 18.0 Å². The third-order valence-corrected chi connectivity index (χ3v) is 2.02. The van der Waals surface area contributed by atoms with Crippen LogP contribution >= 0.6 is 0 Å². The summed E-state index contributed by atoms with van der Waals surface area (Å²) in [6.07, 6.45) is -0.724. The summed E-state index contributed by atoms with van der Waals surface area (Å²) in [5.41, 5.74) is -0.339. The van der Waals surface area contributed by atoms with Crippen molar-refractivity contribution in [2.75, 3.05) is 19.7 Å². The predicted octanol–water partition coefficient (Wildman–Crippen LogP) is 0.920. The minimum atomic E-state index is -2.74. The van der Waals surface area contributed by atoms with Gasteiger partial charge in [0.05, 0.1) is 24.9 Å². The highest BCUT2D eigenvalue weighted by atomic mass is 19.3. The SMILES string of the molecule is O=C(c1ccncc1F)N(CCO)CC(F)F. The van der Waals surface area contributed by atoms with Gasteiger partial charge in [-0.2, -0.15) is 0 Å². The standard InChI is InChI=1S/C10H11F3N2O2/c11-8-5-14-2-1-7(8)10(17)15(3-4-16)6-9(12)13/h1-2,5,9,16H,3-4,6H2. The lowest BCUT2D eigenvalue weighted by atomic mass is 10.2. The molecule has 1 rings (SSSR count). The highest BCUT2D eigenvalue weighted by Crippen LogP contribution is 2.10. The fraction of sp³-hybridized carbons (Fsp3) is 0.400. The van der Waals surface area contributed by atoms with Gasteiger partial charge in [-0.05, 0) is 6.07 Å². The van der Waals surface area contributed by atoms with Crippen LogP contribution in [-0.4, -0.2) is 47.0 Å². The van der Waals surface area contributed by atoms with Gasteiger partial charge in [0.1, 0.15) is 0 Å². The minimum Gasteiger partial charge on any atom is -0.395 e. The molecular weight excluding hydrogens is 237 g/mol. The number of halogens is 3. The second kappa shape index (κ2) is 6.19. The topological polar surface area (TPSA) is 53.4 Å². The van der Waals surface area contributed by atoms with E-state index in [1.165, 1.54) is 6.20 Å². The molecule has 94 valence electrons. The summed E-state index contributed by atoms with van der Waals surface area (Å²) < 4.78 is 37.6. The summed E-state index contributed by atoms with van der Waals surface area (Å²) in [5.74, 6) is -1.77. The molecule has 0 aliphatic heterocycles. The van der Waals surface area contributed by atoms with E-state index in [-0.39, 0.29) is 12.1 Å². The number of aliphatic hydroxyl groups excluding tert-OH is 1. The van der Waals surface area contributed by atoms with Crippen LogP contribution in [0, 0.1) is 5.82 Å². The quantitative estimate of drug-likeness (QED) is 0.843. The maximum Gasteiger partial charge on any atom is 0.257 e. The zero-order valence-electron chi connectivity index (χ0n) is 8.81. The predicted molar refractivity (Wildman–Crippen MR) is 53.2 cm³/mol. The Morgan fingerprint density at radius 2 is 2.24 bits per heavy atom. The Labute approximate surface area is 95.7 Å². The molecule has 0 aliphatic carbocycles. The van der Waals surface area contributed by atoms with E-state index in [2.05, 4.69) is 4.98 Å². The van der Waals surface area contributed by atoms with Crippen molar-refractivity contribution in [3.63, 3.8) is 0 Å². The van der Waals surface area contributed by atoms with Crippen LogP contribution in [0.4, 0.5) is 13.2 Å². The first-order chi connectivity index (χ1) is 8.06. The number of pyridine rings is 1. The number of nitrogens with zero attached hydrogens (tertiary/aromatic N) is 2. The summed E-state index contributed by atoms with van der Waals surface area (Å²) in [6, 6.07) is 1.10. The van der Waals surface area contributed by atoms with E-state index < -0.39 is 31.3 Å². The molecule has 1 N–H and O–H groups in total. The lowest BCUT2D eigenvalue weighted by molar-refractivity contribution is 0.0505. The highest BCUT2D eigenvalue weighted by Gasteiger charge is 2.21. The normalized spacial score (nSPS) is 10.6. The van der Waals surface area contributed by atoms with Gasteiger partial charge in [-0.1, -0.05) is 0 Å². The number of hydrogen-bond donors (Lipinski definition) is 1. The van der Waals surface area contributed by atoms with Gasteiger partial charge in [0.25, 0.3) is 12.3 Å². The summed E-state index contributed by atoms with van der Waals surface area (Å²) in [6.45, 7) is -1.59. The zero-order valence-corrected chi connectivity index (χ0v) is 8.81. The molecule has 0 radical (unpaired) electrons. The van der Waals surface area contributed by atoms with Crippen LogP contribution in [-0.2, 0) is 0 Å². The van der Waals surface area contributed by atoms with E-state index in [1.54, 1.807) is 0 Å². The number of aromatic nitrogens is 1. The minimum absolute atomic E-state index is 0.273. The van der Waals surface area contributed by atoms with E-state index >= 15 is 0 Å². The smallest absolute Gasteiger partial charge is 0.257 e. The number of carbonyl (C=O) groups excluding carboxylic acids is 1. The van der Waals surface area contributed by atoms with Crippen LogP contribution in [0.15, 0.2) is 18.5 Å². The largest absolute Gasteiger partial charge is 0.395 e. The molecule has 0 unspecified atom stereocenters. The van der Waals surface area contributed by atoms with E-state index in [0.29, 0.717) is 4.90 Å². The molecule has 0 fully saturated rings. The number of amides is 1. The van der Waals surface area contributed by atoms with Gasteiger partial charge in [-0.15, -0.1) is 0 Å². The Balaban J connectivity index is 2.88. The van der Waals surface area contributed by atoms with Gasteiger partial charge in [-0.25, -0.2) is 13.2 Å². The molecule has 1 amide bonds. The van der Waals surface area contributed by atoms with Gasteiger partial charge >= 0.3 is 0 Å². The van der Waals surface area contributed by atoms with Crippen molar-refractivity contribution in [2.24, 2.45) is 0 Å². The van der Waals surface area contributed by atoms with Gasteiger partial charge in [0.15, 0.2) is 5.82 Å². The van der Waals surface area contributed by atoms with Crippen LogP contribution in [0.2, 0.25) is 0 Å². The molecule has 4 nitrogen and oxygen atoms in total. The molecule has 0 aliphatic rings. The van der Waals surface area contributed by atoms with E-state index in [4.69, 9.17) is 5.11 Å². The fourth-order valence-corrected chi connectivity index (χ4v) is 1.28. The Bertz CT molecular complexity index is 388. The summed E-state index contributed by atoms with van der Waals surface area (Å²) in [7, 11) is 0. The number of alkyl halides is 2. The molecule has 0 bridgehead atoms. The maximum atomic E-state index is 13.2. The molecule has 7 heteroatoms. The Hall–Kier alpha value is -1.63. The van der Waals surface area contributed by atoms with Crippen molar-refractivity contribution in [1.82, 2.24) is 9.88 Å². The van der Waals surface area contributed by atoms with Crippen LogP contribution in [0.1, 0.15) is 10.4 Å². The van der Waals surface area contributed by atoms with Gasteiger partial charge in [0.2, 0.25) is 0 Å². The molecule has 0 spiro atoms. The monoisotopic (exact) mass is 248 g/mol. The van der Waals surface area contributed by atoms with Crippen LogP contribution in [0.5, 0.6) is 0 Å². The number of rotatable bonds is 5. The van der Waals surface area contributed by atoms with Gasteiger partial charge < -0.3 is 10.0 Å². The maximum absolute atomic E-state index is 13.2. The molecule has 17 heavy (non-hydrogen) atoms. The highest BCUT2D eigenvalue weighted by molar-refractivity contribution is 5.94. The molecule has 1 aromatic rings. The van der Waals surface area contributed by atoms with Crippen molar-refractivity contribution in [3.8, 4) is 0 Å². The average Bonchev–Trinajstić information content (AvgIpc) is 2.28. The van der Waals surface area contributed by atoms with Gasteiger partial charge in [0, 0.05) is 12.7 Å². The molecule has 0 atom stereocenters. The second-order valence-corrected chi connectivity index (χ2v) is 3.22. The fourth-order valence-electron chi connectivity index (χ4n) is 1.28. The molecule has 0 saturated heterocycles. The van der Waals surface area contributed by atoms with E-state index in [1.807, 2.05) is 0 Å².